The largest absolute Gasteiger partial charge is 0.530 e. The first-order valence-corrected chi connectivity index (χ1v) is 49.5. The van der Waals surface area contributed by atoms with Gasteiger partial charge in [-0.1, -0.05) is 490 Å². The lowest BCUT2D eigenvalue weighted by Gasteiger charge is -2.35. The van der Waals surface area contributed by atoms with E-state index in [1.165, 1.54) is 250 Å². The molecule has 0 saturated carbocycles. The molecule has 0 aromatic heterocycles. The molecule has 10 heteroatoms. The van der Waals surface area contributed by atoms with E-state index in [-0.39, 0.29) is 0 Å². The summed E-state index contributed by atoms with van der Waals surface area (Å²) in [6, 6.07) is 13.2. The molecule has 0 spiro atoms. The number of aliphatic carboxylic acids is 3. The van der Waals surface area contributed by atoms with E-state index in [1.54, 1.807) is 0 Å². The fourth-order valence-electron chi connectivity index (χ4n) is 16.9. The third kappa shape index (κ3) is 44.3. The van der Waals surface area contributed by atoms with E-state index < -0.39 is 76.8 Å². The minimum Gasteiger partial charge on any atom is -0.481 e. The minimum atomic E-state index is -2.43. The highest BCUT2D eigenvalue weighted by molar-refractivity contribution is 7.43. The third-order valence-electron chi connectivity index (χ3n) is 24.5. The van der Waals surface area contributed by atoms with Crippen LogP contribution >= 0.6 is 8.60 Å². The van der Waals surface area contributed by atoms with Gasteiger partial charge in [0.1, 0.15) is 17.2 Å². The molecular formula is C105H183O9P. The van der Waals surface area contributed by atoms with Crippen LogP contribution in [-0.4, -0.2) is 33.2 Å². The second-order valence-electron chi connectivity index (χ2n) is 42.1. The molecule has 3 unspecified atom stereocenters. The molecule has 3 aromatic carbocycles. The van der Waals surface area contributed by atoms with E-state index in [2.05, 4.69) is 182 Å². The number of benzene rings is 3. The van der Waals surface area contributed by atoms with Crippen molar-refractivity contribution in [2.24, 2.45) is 17.8 Å². The van der Waals surface area contributed by atoms with Crippen LogP contribution in [0.3, 0.4) is 0 Å². The number of rotatable bonds is 66. The quantitative estimate of drug-likeness (QED) is 0.0372. The first-order valence-electron chi connectivity index (χ1n) is 48.4. The molecule has 0 fully saturated rings. The van der Waals surface area contributed by atoms with Gasteiger partial charge in [-0.05, 0) is 87.7 Å². The van der Waals surface area contributed by atoms with Gasteiger partial charge in [0.05, 0.1) is 17.8 Å². The van der Waals surface area contributed by atoms with Crippen LogP contribution in [0.1, 0.15) is 523 Å². The van der Waals surface area contributed by atoms with Gasteiger partial charge in [0, 0.05) is 33.4 Å². The zero-order valence-corrected chi connectivity index (χ0v) is 80.0. The Labute approximate surface area is 711 Å². The lowest BCUT2D eigenvalue weighted by molar-refractivity contribution is -0.142. The Bertz CT molecular complexity index is 2660. The molecule has 3 N–H and O–H groups in total. The van der Waals surface area contributed by atoms with Gasteiger partial charge in [-0.3, -0.25) is 14.4 Å². The van der Waals surface area contributed by atoms with E-state index in [4.69, 9.17) is 13.6 Å². The van der Waals surface area contributed by atoms with Crippen molar-refractivity contribution in [2.75, 3.05) is 0 Å². The molecule has 662 valence electrons. The molecule has 3 aromatic rings. The minimum absolute atomic E-state index is 0.402. The van der Waals surface area contributed by atoms with E-state index in [0.29, 0.717) is 55.8 Å². The Morgan fingerprint density at radius 3 is 0.496 bits per heavy atom. The van der Waals surface area contributed by atoms with Crippen molar-refractivity contribution >= 4 is 26.5 Å². The Morgan fingerprint density at radius 1 is 0.243 bits per heavy atom. The predicted molar refractivity (Wildman–Crippen MR) is 497 cm³/mol. The summed E-state index contributed by atoms with van der Waals surface area (Å²) >= 11 is 0. The molecule has 0 radical (unpaired) electrons. The van der Waals surface area contributed by atoms with Crippen LogP contribution in [-0.2, 0) is 66.1 Å². The normalized spacial score (nSPS) is 13.6. The van der Waals surface area contributed by atoms with Crippen molar-refractivity contribution < 1.29 is 43.3 Å². The van der Waals surface area contributed by atoms with Gasteiger partial charge in [-0.2, -0.15) is 0 Å². The van der Waals surface area contributed by atoms with Crippen molar-refractivity contribution in [1.29, 1.82) is 0 Å². The van der Waals surface area contributed by atoms with Gasteiger partial charge in [0.2, 0.25) is 0 Å². The maximum Gasteiger partial charge on any atom is 0.530 e. The van der Waals surface area contributed by atoms with Crippen LogP contribution in [0.5, 0.6) is 17.2 Å². The van der Waals surface area contributed by atoms with Crippen molar-refractivity contribution in [3.05, 3.63) is 86.5 Å². The number of carboxylic acid groups (broad SMARTS) is 3. The summed E-state index contributed by atoms with van der Waals surface area (Å²) in [6.07, 6.45) is 64.3. The molecule has 3 atom stereocenters. The Kier molecular flexibility index (Phi) is 51.6. The smallest absolute Gasteiger partial charge is 0.481 e. The maximum atomic E-state index is 13.4. The summed E-state index contributed by atoms with van der Waals surface area (Å²) in [5.41, 5.74) is 5.68. The number of hydrogen-bond donors (Lipinski definition) is 3. The van der Waals surface area contributed by atoms with Crippen LogP contribution in [0.2, 0.25) is 0 Å². The topological polar surface area (TPSA) is 140 Å². The molecule has 0 bridgehead atoms. The molecule has 3 rings (SSSR count). The summed E-state index contributed by atoms with van der Waals surface area (Å²) in [6.45, 7) is 46.6. The fraction of sp³-hybridized carbons (Fsp3) is 0.800. The van der Waals surface area contributed by atoms with Crippen molar-refractivity contribution in [1.82, 2.24) is 0 Å². The number of hydrogen-bond acceptors (Lipinski definition) is 6. The number of unbranched alkanes of at least 4 members (excludes halogenated alkanes) is 45. The standard InChI is InChI=1S/C105H183O9P/c1-22-25-28-31-34-37-40-43-46-49-52-55-58-61-64-67-70-85(97(106)107)73-82-76-88(100(4,5)6)94(89(77-82)101(7,8)9)112-115(113-95-90(102(10,11)12)78-83(79-91(95)103(13,14)15)74-86(98(108)109)71-68-65-62-59-56-53-50-47-44-41-38-35-32-29-26-23-2)114-96-92(104(16,17)18)80-84(81-93(96)105(19,20)21)75-87(99(110)111)72-69-66-63-60-57-54-51-48-45-42-39-36-33-30-27-24-3/h76-81,85-87H,22-75H2,1-21H3,(H,106,107)(H,108,109)(H,110,111). The summed E-state index contributed by atoms with van der Waals surface area (Å²) in [5, 5.41) is 33.0. The van der Waals surface area contributed by atoms with Gasteiger partial charge in [0.15, 0.2) is 0 Å². The third-order valence-corrected chi connectivity index (χ3v) is 25.5. The second-order valence-corrected chi connectivity index (χ2v) is 43.0. The average Bonchev–Trinajstić information content (AvgIpc) is 0.760. The van der Waals surface area contributed by atoms with E-state index in [0.717, 1.165) is 108 Å². The first-order chi connectivity index (χ1) is 54.3. The van der Waals surface area contributed by atoms with Crippen LogP contribution in [0.15, 0.2) is 36.4 Å². The zero-order chi connectivity index (χ0) is 85.5. The van der Waals surface area contributed by atoms with Crippen molar-refractivity contribution in [3.63, 3.8) is 0 Å². The maximum absolute atomic E-state index is 13.4. The molecule has 0 aliphatic rings. The van der Waals surface area contributed by atoms with Crippen LogP contribution < -0.4 is 13.6 Å². The van der Waals surface area contributed by atoms with Gasteiger partial charge in [-0.25, -0.2) is 0 Å². The molecule has 0 amide bonds. The summed E-state index contributed by atoms with van der Waals surface area (Å²) < 4.78 is 23.5. The summed E-state index contributed by atoms with van der Waals surface area (Å²) in [7, 11) is -2.43. The first kappa shape index (κ1) is 105. The molecule has 115 heavy (non-hydrogen) atoms. The number of carboxylic acids is 3. The lowest BCUT2D eigenvalue weighted by Crippen LogP contribution is -2.24. The average molecular weight is 1620 g/mol. The monoisotopic (exact) mass is 1620 g/mol. The Morgan fingerprint density at radius 2 is 0.374 bits per heavy atom. The summed E-state index contributed by atoms with van der Waals surface area (Å²) in [5.74, 6) is -1.90. The van der Waals surface area contributed by atoms with Crippen LogP contribution in [0.4, 0.5) is 0 Å². The van der Waals surface area contributed by atoms with E-state index in [9.17, 15) is 29.7 Å². The Hall–Kier alpha value is -4.10. The highest BCUT2D eigenvalue weighted by Gasteiger charge is 2.40. The van der Waals surface area contributed by atoms with E-state index in [1.807, 2.05) is 0 Å². The van der Waals surface area contributed by atoms with Crippen LogP contribution in [0, 0.1) is 17.8 Å². The fourth-order valence-corrected chi connectivity index (χ4v) is 18.1. The molecule has 0 heterocycles. The molecular weight excluding hydrogens is 1440 g/mol. The SMILES string of the molecule is CCCCCCCCCCCCCCCCCCC(Cc1cc(C(C)(C)C)c(OP(Oc2c(C(C)(C)C)cc(CC(CCCCCCCCCCCCCCCCCC)C(=O)O)cc2C(C)(C)C)Oc2c(C(C)(C)C)cc(CC(CCCCCCCCCCCCCCCCCC)C(=O)O)cc2C(C)(C)C)c(C(C)(C)C)c1)C(=O)O. The van der Waals surface area contributed by atoms with Gasteiger partial charge in [0.25, 0.3) is 0 Å². The number of carbonyl (C=O) groups is 3. The van der Waals surface area contributed by atoms with Crippen molar-refractivity contribution in [3.8, 4) is 17.2 Å². The molecule has 0 aliphatic carbocycles. The highest BCUT2D eigenvalue weighted by Crippen LogP contribution is 2.56. The van der Waals surface area contributed by atoms with Gasteiger partial charge in [-0.15, -0.1) is 0 Å². The van der Waals surface area contributed by atoms with Gasteiger partial charge >= 0.3 is 26.5 Å². The van der Waals surface area contributed by atoms with Crippen LogP contribution in [0.25, 0.3) is 0 Å². The zero-order valence-electron chi connectivity index (χ0n) is 79.1. The Balaban J connectivity index is 2.14. The van der Waals surface area contributed by atoms with E-state index >= 15 is 0 Å². The highest BCUT2D eigenvalue weighted by atomic mass is 31.2. The second kappa shape index (κ2) is 56.5. The summed E-state index contributed by atoms with van der Waals surface area (Å²) in [4.78, 5) is 40.2. The van der Waals surface area contributed by atoms with Crippen molar-refractivity contribution in [2.45, 2.75) is 525 Å². The van der Waals surface area contributed by atoms with Gasteiger partial charge < -0.3 is 28.9 Å². The molecule has 9 nitrogen and oxygen atoms in total. The molecule has 0 aliphatic heterocycles. The predicted octanol–water partition coefficient (Wildman–Crippen LogP) is 33.9. The molecule has 0 saturated heterocycles. The lowest BCUT2D eigenvalue weighted by atomic mass is 9.77.